The Morgan fingerprint density at radius 2 is 1.74 bits per heavy atom. The number of nitrogens with two attached hydrogens (primary N) is 1. The second-order valence-electron chi connectivity index (χ2n) is 4.22. The number of carbonyl (C=O) groups excluding carboxylic acids is 1. The van der Waals surface area contributed by atoms with Crippen LogP contribution in [0.3, 0.4) is 0 Å². The molecule has 12 heteroatoms. The fourth-order valence-electron chi connectivity index (χ4n) is 2.14. The summed E-state index contributed by atoms with van der Waals surface area (Å²) < 4.78 is 22.7. The van der Waals surface area contributed by atoms with E-state index in [2.05, 4.69) is 0 Å². The van der Waals surface area contributed by atoms with Gasteiger partial charge < -0.3 is 35.3 Å². The Balaban J connectivity index is 3.31. The molecule has 1 aliphatic heterocycles. The van der Waals surface area contributed by atoms with Crippen molar-refractivity contribution < 1.29 is 38.6 Å². The summed E-state index contributed by atoms with van der Waals surface area (Å²) in [5, 5.41) is 6.33. The van der Waals surface area contributed by atoms with E-state index in [0.717, 1.165) is 4.90 Å². The van der Waals surface area contributed by atoms with Gasteiger partial charge in [-0.2, -0.15) is 0 Å². The highest BCUT2D eigenvalue weighted by molar-refractivity contribution is 7.72. The van der Waals surface area contributed by atoms with Gasteiger partial charge in [0.1, 0.15) is 0 Å². The SMILES string of the molecule is NCC(=O)N1CCCC1C(O)(P(=O)(O)O)P(=O)(O)O. The first-order chi connectivity index (χ1) is 8.46. The van der Waals surface area contributed by atoms with E-state index >= 15 is 0 Å². The lowest BCUT2D eigenvalue weighted by atomic mass is 10.2. The molecule has 1 unspecified atom stereocenters. The van der Waals surface area contributed by atoms with Crippen LogP contribution in [0.25, 0.3) is 0 Å². The van der Waals surface area contributed by atoms with Crippen LogP contribution in [0.4, 0.5) is 0 Å². The number of rotatable bonds is 4. The van der Waals surface area contributed by atoms with Crippen LogP contribution in [0.5, 0.6) is 0 Å². The molecule has 0 radical (unpaired) electrons. The highest BCUT2D eigenvalue weighted by atomic mass is 31.2. The molecule has 10 nitrogen and oxygen atoms in total. The average Bonchev–Trinajstić information content (AvgIpc) is 2.72. The summed E-state index contributed by atoms with van der Waals surface area (Å²) in [5.74, 6) is -0.747. The number of nitrogens with zero attached hydrogens (tertiary/aromatic N) is 1. The highest BCUT2D eigenvalue weighted by Gasteiger charge is 2.66. The molecular weight excluding hydrogens is 302 g/mol. The molecular formula is C7H16N2O8P2. The molecule has 1 fully saturated rings. The predicted octanol–water partition coefficient (Wildman–Crippen LogP) is -2.06. The maximum Gasteiger partial charge on any atom is 0.371 e. The van der Waals surface area contributed by atoms with Crippen LogP contribution in [0.2, 0.25) is 0 Å². The highest BCUT2D eigenvalue weighted by Crippen LogP contribution is 2.70. The number of likely N-dealkylation sites (tertiary alicyclic amines) is 1. The fourth-order valence-corrected chi connectivity index (χ4v) is 4.81. The van der Waals surface area contributed by atoms with E-state index in [1.807, 2.05) is 0 Å². The quantitative estimate of drug-likeness (QED) is 0.317. The fraction of sp³-hybridized carbons (Fsp3) is 0.857. The Bertz CT molecular complexity index is 434. The van der Waals surface area contributed by atoms with Gasteiger partial charge >= 0.3 is 15.2 Å². The van der Waals surface area contributed by atoms with Crippen LogP contribution in [-0.2, 0) is 13.9 Å². The molecule has 0 saturated carbocycles. The van der Waals surface area contributed by atoms with E-state index in [1.165, 1.54) is 0 Å². The van der Waals surface area contributed by atoms with Crippen LogP contribution in [0.1, 0.15) is 12.8 Å². The smallest absolute Gasteiger partial charge is 0.366 e. The molecule has 0 bridgehead atoms. The first kappa shape index (κ1) is 16.7. The van der Waals surface area contributed by atoms with Gasteiger partial charge in [0.15, 0.2) is 0 Å². The average molecular weight is 318 g/mol. The zero-order valence-corrected chi connectivity index (χ0v) is 11.6. The summed E-state index contributed by atoms with van der Waals surface area (Å²) in [5.41, 5.74) is 5.11. The molecule has 0 aromatic rings. The van der Waals surface area contributed by atoms with Crippen LogP contribution in [0.15, 0.2) is 0 Å². The Morgan fingerprint density at radius 3 is 2.11 bits per heavy atom. The molecule has 0 aromatic heterocycles. The summed E-state index contributed by atoms with van der Waals surface area (Å²) in [7, 11) is -11.2. The second kappa shape index (κ2) is 5.23. The number of hydrogen-bond donors (Lipinski definition) is 6. The topological polar surface area (TPSA) is 182 Å². The van der Waals surface area contributed by atoms with Crippen molar-refractivity contribution in [2.45, 2.75) is 24.0 Å². The molecule has 1 saturated heterocycles. The van der Waals surface area contributed by atoms with Crippen molar-refractivity contribution in [2.24, 2.45) is 5.73 Å². The second-order valence-corrected chi connectivity index (χ2v) is 8.12. The summed E-state index contributed by atoms with van der Waals surface area (Å²) in [6.45, 7) is -0.474. The van der Waals surface area contributed by atoms with Crippen molar-refractivity contribution in [3.63, 3.8) is 0 Å². The Hall–Kier alpha value is -0.310. The largest absolute Gasteiger partial charge is 0.371 e. The van der Waals surface area contributed by atoms with Gasteiger partial charge in [-0.05, 0) is 12.8 Å². The van der Waals surface area contributed by atoms with Gasteiger partial charge in [0, 0.05) is 6.54 Å². The van der Waals surface area contributed by atoms with Gasteiger partial charge in [-0.15, -0.1) is 0 Å². The first-order valence-electron chi connectivity index (χ1n) is 5.30. The molecule has 1 amide bonds. The van der Waals surface area contributed by atoms with E-state index in [0.29, 0.717) is 0 Å². The lowest BCUT2D eigenvalue weighted by Crippen LogP contribution is -2.52. The standard InChI is InChI=1S/C7H16N2O8P2/c8-4-6(10)9-3-1-2-5(9)7(11,18(12,13)14)19(15,16)17/h5,11H,1-4,8H2,(H2,12,13,14)(H2,15,16,17). The molecule has 0 aliphatic carbocycles. The van der Waals surface area contributed by atoms with Crippen LogP contribution >= 0.6 is 15.2 Å². The van der Waals surface area contributed by atoms with Crippen molar-refractivity contribution >= 4 is 21.1 Å². The normalized spacial score (nSPS) is 21.8. The lowest BCUT2D eigenvalue weighted by Gasteiger charge is -2.38. The van der Waals surface area contributed by atoms with Gasteiger partial charge in [0.05, 0.1) is 12.6 Å². The third kappa shape index (κ3) is 2.76. The van der Waals surface area contributed by atoms with Crippen LogP contribution in [-0.4, -0.2) is 59.7 Å². The molecule has 0 spiro atoms. The van der Waals surface area contributed by atoms with Crippen LogP contribution in [0, 0.1) is 0 Å². The zero-order chi connectivity index (χ0) is 15.1. The molecule has 0 aromatic carbocycles. The summed E-state index contributed by atoms with van der Waals surface area (Å²) >= 11 is 0. The Labute approximate surface area is 108 Å². The monoisotopic (exact) mass is 318 g/mol. The van der Waals surface area contributed by atoms with Crippen molar-refractivity contribution in [2.75, 3.05) is 13.1 Å². The first-order valence-corrected chi connectivity index (χ1v) is 8.52. The molecule has 1 heterocycles. The molecule has 1 rings (SSSR count). The molecule has 112 valence electrons. The van der Waals surface area contributed by atoms with Crippen LogP contribution < -0.4 is 5.73 Å². The maximum atomic E-state index is 11.5. The van der Waals surface area contributed by atoms with Crippen molar-refractivity contribution in [1.29, 1.82) is 0 Å². The summed E-state index contributed by atoms with van der Waals surface area (Å²) in [4.78, 5) is 48.7. The van der Waals surface area contributed by atoms with Gasteiger partial charge in [0.25, 0.3) is 5.08 Å². The van der Waals surface area contributed by atoms with E-state index in [-0.39, 0.29) is 19.4 Å². The van der Waals surface area contributed by atoms with Gasteiger partial charge in [0.2, 0.25) is 5.91 Å². The number of hydrogen-bond acceptors (Lipinski definition) is 5. The van der Waals surface area contributed by atoms with Crippen molar-refractivity contribution in [3.05, 3.63) is 0 Å². The zero-order valence-electron chi connectivity index (χ0n) is 9.79. The minimum absolute atomic E-state index is 0.0169. The molecule has 7 N–H and O–H groups in total. The predicted molar refractivity (Wildman–Crippen MR) is 62.8 cm³/mol. The third-order valence-corrected chi connectivity index (χ3v) is 6.93. The minimum atomic E-state index is -5.59. The lowest BCUT2D eigenvalue weighted by molar-refractivity contribution is -0.132. The van der Waals surface area contributed by atoms with E-state index in [4.69, 9.17) is 25.3 Å². The summed E-state index contributed by atoms with van der Waals surface area (Å²) in [6, 6.07) is -1.68. The Morgan fingerprint density at radius 1 is 1.26 bits per heavy atom. The number of aliphatic hydroxyl groups is 1. The minimum Gasteiger partial charge on any atom is -0.366 e. The van der Waals surface area contributed by atoms with Gasteiger partial charge in [-0.3, -0.25) is 13.9 Å². The number of amides is 1. The molecule has 19 heavy (non-hydrogen) atoms. The van der Waals surface area contributed by atoms with E-state index in [9.17, 15) is 19.0 Å². The Kier molecular flexibility index (Phi) is 4.61. The summed E-state index contributed by atoms with van der Waals surface area (Å²) in [6.07, 6.45) is 0.108. The maximum absolute atomic E-state index is 11.5. The third-order valence-electron chi connectivity index (χ3n) is 3.05. The van der Waals surface area contributed by atoms with Crippen molar-refractivity contribution in [1.82, 2.24) is 4.90 Å². The van der Waals surface area contributed by atoms with Crippen molar-refractivity contribution in [3.8, 4) is 0 Å². The van der Waals surface area contributed by atoms with Gasteiger partial charge in [-0.25, -0.2) is 0 Å². The van der Waals surface area contributed by atoms with E-state index in [1.54, 1.807) is 0 Å². The van der Waals surface area contributed by atoms with Gasteiger partial charge in [-0.1, -0.05) is 0 Å². The number of carbonyl (C=O) groups is 1. The van der Waals surface area contributed by atoms with E-state index < -0.39 is 38.8 Å². The molecule has 1 atom stereocenters. The molecule has 1 aliphatic rings.